The maximum atomic E-state index is 13.7. The van der Waals surface area contributed by atoms with Crippen molar-refractivity contribution in [2.75, 3.05) is 17.6 Å². The highest BCUT2D eigenvalue weighted by Crippen LogP contribution is 2.46. The van der Waals surface area contributed by atoms with E-state index in [1.807, 2.05) is 26.0 Å². The fourth-order valence-corrected chi connectivity index (χ4v) is 6.47. The van der Waals surface area contributed by atoms with Crippen molar-refractivity contribution in [1.29, 1.82) is 0 Å². The van der Waals surface area contributed by atoms with Crippen LogP contribution in [-0.4, -0.2) is 50.8 Å². The van der Waals surface area contributed by atoms with Crippen LogP contribution >= 0.6 is 0 Å². The number of anilines is 1. The average Bonchev–Trinajstić information content (AvgIpc) is 2.74. The number of sulfonamides is 1. The van der Waals surface area contributed by atoms with Gasteiger partial charge in [-0.2, -0.15) is 0 Å². The summed E-state index contributed by atoms with van der Waals surface area (Å²) in [6.07, 6.45) is 4.90. The summed E-state index contributed by atoms with van der Waals surface area (Å²) in [6, 6.07) is 5.82. The summed E-state index contributed by atoms with van der Waals surface area (Å²) in [5, 5.41) is 9.61. The molecule has 7 nitrogen and oxygen atoms in total. The summed E-state index contributed by atoms with van der Waals surface area (Å²) in [7, 11) is -4.33. The van der Waals surface area contributed by atoms with Crippen molar-refractivity contribution in [1.82, 2.24) is 9.97 Å². The Labute approximate surface area is 215 Å². The monoisotopic (exact) mass is 535 g/mol. The number of rotatable bonds is 9. The summed E-state index contributed by atoms with van der Waals surface area (Å²) < 4.78 is 39.2. The number of benzene rings is 1. The van der Waals surface area contributed by atoms with Gasteiger partial charge in [0.1, 0.15) is 5.82 Å². The van der Waals surface area contributed by atoms with Gasteiger partial charge in [-0.15, -0.1) is 0 Å². The van der Waals surface area contributed by atoms with Crippen LogP contribution in [0, 0.1) is 5.82 Å². The van der Waals surface area contributed by atoms with E-state index in [2.05, 4.69) is 43.8 Å². The van der Waals surface area contributed by atoms with Crippen molar-refractivity contribution in [2.45, 2.75) is 70.6 Å². The van der Waals surface area contributed by atoms with Crippen molar-refractivity contribution < 1.29 is 22.7 Å². The normalized spacial score (nSPS) is 13.9. The number of halogens is 1. The minimum absolute atomic E-state index is 0.00560. The van der Waals surface area contributed by atoms with E-state index in [1.54, 1.807) is 12.1 Å². The third-order valence-corrected chi connectivity index (χ3v) is 14.4. The van der Waals surface area contributed by atoms with Crippen LogP contribution in [0.1, 0.15) is 58.2 Å². The SMILES string of the molecule is CC(C)c1nc(N(C)S(C)(=O)=O)nc(-c2ccc(F)cc2)c1C=C[C@H](CC(=O)O)[Si](C)(C)C(C)(C)C. The van der Waals surface area contributed by atoms with Crippen LogP contribution in [0.5, 0.6) is 0 Å². The molecular weight excluding hydrogens is 497 g/mol. The zero-order valence-corrected chi connectivity index (χ0v) is 24.4. The predicted octanol–water partition coefficient (Wildman–Crippen LogP) is 6.17. The molecule has 0 fully saturated rings. The van der Waals surface area contributed by atoms with Crippen molar-refractivity contribution in [3.05, 3.63) is 47.4 Å². The Morgan fingerprint density at radius 1 is 1.17 bits per heavy atom. The lowest BCUT2D eigenvalue weighted by Crippen LogP contribution is -2.42. The van der Waals surface area contributed by atoms with Crippen LogP contribution in [0.25, 0.3) is 17.3 Å². The van der Waals surface area contributed by atoms with Crippen LogP contribution in [-0.2, 0) is 14.8 Å². The number of carboxylic acid groups (broad SMARTS) is 1. The molecule has 0 aliphatic rings. The van der Waals surface area contributed by atoms with E-state index in [1.165, 1.54) is 19.2 Å². The van der Waals surface area contributed by atoms with Gasteiger partial charge in [0, 0.05) is 24.6 Å². The van der Waals surface area contributed by atoms with E-state index < -0.39 is 29.9 Å². The average molecular weight is 536 g/mol. The van der Waals surface area contributed by atoms with Gasteiger partial charge in [-0.3, -0.25) is 4.79 Å². The molecule has 1 aromatic carbocycles. The highest BCUT2D eigenvalue weighted by molar-refractivity contribution is 7.92. The standard InChI is InChI=1S/C26H38FN3O4SSi/c1-17(2)23-21(15-14-20(16-22(31)32)36(8,9)26(3,4)5)24(18-10-12-19(27)13-11-18)29-25(28-23)30(6)35(7,33)34/h10-15,17,20H,16H2,1-9H3,(H,31,32)/t20-/m1/s1. The Kier molecular flexibility index (Phi) is 8.89. The van der Waals surface area contributed by atoms with E-state index in [0.717, 1.165) is 10.6 Å². The van der Waals surface area contributed by atoms with Gasteiger partial charge >= 0.3 is 5.97 Å². The van der Waals surface area contributed by atoms with Gasteiger partial charge in [-0.25, -0.2) is 27.1 Å². The first kappa shape index (κ1) is 29.6. The third-order valence-electron chi connectivity index (χ3n) is 7.16. The summed E-state index contributed by atoms with van der Waals surface area (Å²) in [4.78, 5) is 21.0. The van der Waals surface area contributed by atoms with Crippen molar-refractivity contribution in [2.24, 2.45) is 0 Å². The van der Waals surface area contributed by atoms with E-state index in [0.29, 0.717) is 22.5 Å². The minimum atomic E-state index is -3.62. The number of allylic oxidation sites excluding steroid dienone is 1. The number of carbonyl (C=O) groups is 1. The number of hydrogen-bond donors (Lipinski definition) is 1. The first-order chi connectivity index (χ1) is 16.4. The fraction of sp³-hybridized carbons (Fsp3) is 0.500. The van der Waals surface area contributed by atoms with E-state index in [9.17, 15) is 22.7 Å². The molecule has 10 heteroatoms. The summed E-state index contributed by atoms with van der Waals surface area (Å²) in [5.41, 5.74) is 2.17. The number of nitrogens with zero attached hydrogens (tertiary/aromatic N) is 3. The van der Waals surface area contributed by atoms with Gasteiger partial charge < -0.3 is 5.11 Å². The molecule has 0 saturated heterocycles. The highest BCUT2D eigenvalue weighted by Gasteiger charge is 2.41. The van der Waals surface area contributed by atoms with Gasteiger partial charge in [-0.1, -0.05) is 59.9 Å². The molecule has 2 rings (SSSR count). The van der Waals surface area contributed by atoms with Crippen LogP contribution in [0.15, 0.2) is 30.3 Å². The molecule has 0 aliphatic heterocycles. The number of carboxylic acids is 1. The topological polar surface area (TPSA) is 100 Å². The second kappa shape index (κ2) is 10.8. The highest BCUT2D eigenvalue weighted by atomic mass is 32.2. The minimum Gasteiger partial charge on any atom is -0.481 e. The Balaban J connectivity index is 2.85. The molecule has 0 saturated carbocycles. The van der Waals surface area contributed by atoms with Gasteiger partial charge in [0.05, 0.1) is 25.7 Å². The molecule has 0 aliphatic carbocycles. The second-order valence-corrected chi connectivity index (χ2v) is 18.8. The molecule has 198 valence electrons. The van der Waals surface area contributed by atoms with Crippen LogP contribution in [0.4, 0.5) is 10.3 Å². The molecule has 1 aromatic heterocycles. The molecule has 0 amide bonds. The lowest BCUT2D eigenvalue weighted by Gasteiger charge is -2.41. The summed E-state index contributed by atoms with van der Waals surface area (Å²) in [6.45, 7) is 14.7. The second-order valence-electron chi connectivity index (χ2n) is 11.1. The summed E-state index contributed by atoms with van der Waals surface area (Å²) in [5.74, 6) is -1.34. The molecule has 2 aromatic rings. The van der Waals surface area contributed by atoms with Gasteiger partial charge in [0.15, 0.2) is 0 Å². The number of hydrogen-bond acceptors (Lipinski definition) is 5. The zero-order chi connectivity index (χ0) is 27.6. The smallest absolute Gasteiger partial charge is 0.303 e. The lowest BCUT2D eigenvalue weighted by molar-refractivity contribution is -0.136. The third kappa shape index (κ3) is 6.79. The van der Waals surface area contributed by atoms with E-state index >= 15 is 0 Å². The quantitative estimate of drug-likeness (QED) is 0.386. The molecule has 0 bridgehead atoms. The molecule has 36 heavy (non-hydrogen) atoms. The molecule has 1 heterocycles. The number of aliphatic carboxylic acids is 1. The van der Waals surface area contributed by atoms with Gasteiger partial charge in [0.2, 0.25) is 16.0 Å². The lowest BCUT2D eigenvalue weighted by atomic mass is 9.97. The van der Waals surface area contributed by atoms with Crippen LogP contribution in [0.2, 0.25) is 23.7 Å². The summed E-state index contributed by atoms with van der Waals surface area (Å²) >= 11 is 0. The Morgan fingerprint density at radius 3 is 2.17 bits per heavy atom. The van der Waals surface area contributed by atoms with Crippen LogP contribution in [0.3, 0.4) is 0 Å². The van der Waals surface area contributed by atoms with Gasteiger partial charge in [-0.05, 0) is 40.8 Å². The van der Waals surface area contributed by atoms with Gasteiger partial charge in [0.25, 0.3) is 0 Å². The molecule has 1 atom stereocenters. The number of aromatic nitrogens is 2. The first-order valence-electron chi connectivity index (χ1n) is 11.9. The van der Waals surface area contributed by atoms with E-state index in [4.69, 9.17) is 0 Å². The van der Waals surface area contributed by atoms with E-state index in [-0.39, 0.29) is 28.9 Å². The Hall–Kier alpha value is -2.59. The molecular formula is C26H38FN3O4SSi. The van der Waals surface area contributed by atoms with Crippen molar-refractivity contribution in [3.8, 4) is 11.3 Å². The predicted molar refractivity (Wildman–Crippen MR) is 147 cm³/mol. The Morgan fingerprint density at radius 2 is 1.72 bits per heavy atom. The molecule has 0 spiro atoms. The maximum Gasteiger partial charge on any atom is 0.303 e. The van der Waals surface area contributed by atoms with Crippen molar-refractivity contribution >= 4 is 36.1 Å². The maximum absolute atomic E-state index is 13.7. The Bertz CT molecular complexity index is 1240. The molecule has 1 N–H and O–H groups in total. The largest absolute Gasteiger partial charge is 0.481 e. The fourth-order valence-electron chi connectivity index (χ4n) is 3.72. The van der Waals surface area contributed by atoms with Crippen LogP contribution < -0.4 is 4.31 Å². The zero-order valence-electron chi connectivity index (χ0n) is 22.6. The first-order valence-corrected chi connectivity index (χ1v) is 16.8. The molecule has 0 radical (unpaired) electrons. The van der Waals surface area contributed by atoms with Crippen molar-refractivity contribution in [3.63, 3.8) is 0 Å². The molecule has 0 unspecified atom stereocenters.